The zero-order valence-electron chi connectivity index (χ0n) is 18.2. The van der Waals surface area contributed by atoms with E-state index >= 15 is 0 Å². The third kappa shape index (κ3) is 4.77. The molecule has 164 valence electrons. The maximum Gasteiger partial charge on any atom is 0.350 e. The molecule has 1 aliphatic rings. The van der Waals surface area contributed by atoms with Crippen LogP contribution >= 0.6 is 11.3 Å². The van der Waals surface area contributed by atoms with Crippen molar-refractivity contribution in [3.05, 3.63) is 39.9 Å². The van der Waals surface area contributed by atoms with E-state index in [1.807, 2.05) is 26.0 Å². The second-order valence-corrected chi connectivity index (χ2v) is 7.54. The van der Waals surface area contributed by atoms with E-state index < -0.39 is 5.97 Å². The number of hydrazone groups is 1. The lowest BCUT2D eigenvalue weighted by Crippen LogP contribution is -2.21. The quantitative estimate of drug-likeness (QED) is 0.448. The molecule has 0 atom stereocenters. The summed E-state index contributed by atoms with van der Waals surface area (Å²) in [5, 5.41) is 5.91. The molecule has 1 aromatic carbocycles. The van der Waals surface area contributed by atoms with Gasteiger partial charge >= 0.3 is 5.97 Å². The molecule has 31 heavy (non-hydrogen) atoms. The van der Waals surface area contributed by atoms with Crippen molar-refractivity contribution in [1.29, 1.82) is 0 Å². The van der Waals surface area contributed by atoms with Gasteiger partial charge in [-0.15, -0.1) is 0 Å². The minimum atomic E-state index is -0.456. The third-order valence-electron chi connectivity index (χ3n) is 4.39. The number of nitrogens with zero attached hydrogens (tertiary/aromatic N) is 3. The Kier molecular flexibility index (Phi) is 7.06. The van der Waals surface area contributed by atoms with Crippen LogP contribution in [0.25, 0.3) is 6.08 Å². The van der Waals surface area contributed by atoms with E-state index in [-0.39, 0.29) is 12.5 Å². The number of anilines is 1. The van der Waals surface area contributed by atoms with Crippen LogP contribution in [0.5, 0.6) is 11.5 Å². The predicted molar refractivity (Wildman–Crippen MR) is 120 cm³/mol. The Morgan fingerprint density at radius 2 is 1.87 bits per heavy atom. The summed E-state index contributed by atoms with van der Waals surface area (Å²) in [5.74, 6) is 0.540. The van der Waals surface area contributed by atoms with Crippen LogP contribution in [0.1, 0.15) is 48.6 Å². The number of carbonyl (C=O) groups excluding carboxylic acids is 2. The Balaban J connectivity index is 1.92. The Bertz CT molecular complexity index is 1060. The minimum Gasteiger partial charge on any atom is -0.494 e. The van der Waals surface area contributed by atoms with E-state index in [0.29, 0.717) is 51.7 Å². The van der Waals surface area contributed by atoms with Crippen LogP contribution in [0, 0.1) is 6.92 Å². The van der Waals surface area contributed by atoms with Crippen LogP contribution in [0.4, 0.5) is 5.13 Å². The molecule has 0 unspecified atom stereocenters. The molecule has 0 radical (unpaired) electrons. The van der Waals surface area contributed by atoms with E-state index in [0.717, 1.165) is 16.9 Å². The number of thiazole rings is 1. The summed E-state index contributed by atoms with van der Waals surface area (Å²) in [6, 6.07) is 5.48. The van der Waals surface area contributed by atoms with Crippen molar-refractivity contribution < 1.29 is 23.8 Å². The van der Waals surface area contributed by atoms with Crippen molar-refractivity contribution in [1.82, 2.24) is 4.98 Å². The van der Waals surface area contributed by atoms with Crippen molar-refractivity contribution in [3.63, 3.8) is 0 Å². The maximum atomic E-state index is 13.1. The highest BCUT2D eigenvalue weighted by atomic mass is 32.1. The van der Waals surface area contributed by atoms with E-state index in [2.05, 4.69) is 10.1 Å². The summed E-state index contributed by atoms with van der Waals surface area (Å²) in [6.07, 6.45) is 1.74. The van der Waals surface area contributed by atoms with Crippen LogP contribution in [0.3, 0.4) is 0 Å². The van der Waals surface area contributed by atoms with Gasteiger partial charge < -0.3 is 14.2 Å². The number of rotatable bonds is 8. The number of hydrogen-bond acceptors (Lipinski definition) is 8. The molecule has 0 spiro atoms. The molecule has 2 aromatic rings. The Morgan fingerprint density at radius 1 is 1.13 bits per heavy atom. The lowest BCUT2D eigenvalue weighted by molar-refractivity contribution is -0.114. The van der Waals surface area contributed by atoms with Crippen LogP contribution in [0.15, 0.2) is 28.9 Å². The first-order valence-electron chi connectivity index (χ1n) is 10.0. The molecule has 0 saturated heterocycles. The molecular formula is C22H25N3O5S. The van der Waals surface area contributed by atoms with E-state index in [4.69, 9.17) is 14.2 Å². The first-order valence-corrected chi connectivity index (χ1v) is 10.9. The number of hydrogen-bond donors (Lipinski definition) is 0. The monoisotopic (exact) mass is 443 g/mol. The predicted octanol–water partition coefficient (Wildman–Crippen LogP) is 4.23. The lowest BCUT2D eigenvalue weighted by Gasteiger charge is -2.11. The largest absolute Gasteiger partial charge is 0.494 e. The van der Waals surface area contributed by atoms with Gasteiger partial charge in [0.15, 0.2) is 0 Å². The van der Waals surface area contributed by atoms with Gasteiger partial charge in [-0.25, -0.2) is 9.78 Å². The number of benzene rings is 1. The van der Waals surface area contributed by atoms with Gasteiger partial charge in [-0.3, -0.25) is 4.79 Å². The Morgan fingerprint density at radius 3 is 2.55 bits per heavy atom. The van der Waals surface area contributed by atoms with Crippen LogP contribution in [0.2, 0.25) is 0 Å². The molecule has 0 fully saturated rings. The number of amides is 1. The summed E-state index contributed by atoms with van der Waals surface area (Å²) in [6.45, 7) is 10.3. The SMILES string of the molecule is CCOC(=O)c1sc(N2N=C(C)C(=Cc3ccc(OCC)cc3OCC)C2=O)nc1C. The third-order valence-corrected chi connectivity index (χ3v) is 5.50. The van der Waals surface area contributed by atoms with Crippen molar-refractivity contribution >= 4 is 40.1 Å². The molecule has 1 amide bonds. The zero-order valence-corrected chi connectivity index (χ0v) is 19.0. The zero-order chi connectivity index (χ0) is 22.5. The fourth-order valence-corrected chi connectivity index (χ4v) is 3.91. The maximum absolute atomic E-state index is 13.1. The summed E-state index contributed by atoms with van der Waals surface area (Å²) >= 11 is 1.08. The number of carbonyl (C=O) groups is 2. The first-order chi connectivity index (χ1) is 14.9. The molecule has 1 aromatic heterocycles. The van der Waals surface area contributed by atoms with Crippen LogP contribution in [-0.4, -0.2) is 42.4 Å². The summed E-state index contributed by atoms with van der Waals surface area (Å²) in [4.78, 5) is 29.9. The van der Waals surface area contributed by atoms with Crippen LogP contribution in [-0.2, 0) is 9.53 Å². The van der Waals surface area contributed by atoms with Gasteiger partial charge in [-0.2, -0.15) is 10.1 Å². The van der Waals surface area contributed by atoms with Gasteiger partial charge in [-0.1, -0.05) is 11.3 Å². The fourth-order valence-electron chi connectivity index (χ4n) is 3.00. The van der Waals surface area contributed by atoms with Gasteiger partial charge in [-0.05, 0) is 52.8 Å². The van der Waals surface area contributed by atoms with Crippen molar-refractivity contribution in [2.24, 2.45) is 5.10 Å². The minimum absolute atomic E-state index is 0.266. The molecule has 2 heterocycles. The summed E-state index contributed by atoms with van der Waals surface area (Å²) in [7, 11) is 0. The Labute approximate surface area is 185 Å². The summed E-state index contributed by atoms with van der Waals surface area (Å²) < 4.78 is 16.3. The van der Waals surface area contributed by atoms with Gasteiger partial charge in [0, 0.05) is 11.6 Å². The molecule has 8 nitrogen and oxygen atoms in total. The molecule has 9 heteroatoms. The smallest absolute Gasteiger partial charge is 0.350 e. The highest BCUT2D eigenvalue weighted by Gasteiger charge is 2.32. The standard InChI is InChI=1S/C22H25N3O5S/c1-6-28-16-10-9-15(18(12-16)29-7-2)11-17-13(4)24-25(20(17)26)22-23-14(5)19(31-22)21(27)30-8-3/h9-12H,6-8H2,1-5H3. The van der Waals surface area contributed by atoms with E-state index in [1.54, 1.807) is 32.9 Å². The topological polar surface area (TPSA) is 90.3 Å². The number of esters is 1. The summed E-state index contributed by atoms with van der Waals surface area (Å²) in [5.41, 5.74) is 2.22. The molecule has 0 bridgehead atoms. The second kappa shape index (κ2) is 9.74. The Hall–Kier alpha value is -3.20. The normalized spacial score (nSPS) is 14.7. The van der Waals surface area contributed by atoms with Crippen molar-refractivity contribution in [3.8, 4) is 11.5 Å². The second-order valence-electron chi connectivity index (χ2n) is 6.56. The molecule has 0 N–H and O–H groups in total. The number of aromatic nitrogens is 1. The molecule has 0 saturated carbocycles. The van der Waals surface area contributed by atoms with Gasteiger partial charge in [0.25, 0.3) is 5.91 Å². The average molecular weight is 444 g/mol. The highest BCUT2D eigenvalue weighted by molar-refractivity contribution is 7.17. The molecule has 3 rings (SSSR count). The number of ether oxygens (including phenoxy) is 3. The molecular weight excluding hydrogens is 418 g/mol. The van der Waals surface area contributed by atoms with Gasteiger partial charge in [0.2, 0.25) is 5.13 Å². The average Bonchev–Trinajstić information content (AvgIpc) is 3.25. The fraction of sp³-hybridized carbons (Fsp3) is 0.364. The van der Waals surface area contributed by atoms with E-state index in [1.165, 1.54) is 5.01 Å². The van der Waals surface area contributed by atoms with Gasteiger partial charge in [0.1, 0.15) is 16.4 Å². The molecule has 0 aliphatic carbocycles. The van der Waals surface area contributed by atoms with Crippen LogP contribution < -0.4 is 14.5 Å². The first kappa shape index (κ1) is 22.5. The molecule has 1 aliphatic heterocycles. The van der Waals surface area contributed by atoms with E-state index in [9.17, 15) is 9.59 Å². The van der Waals surface area contributed by atoms with Gasteiger partial charge in [0.05, 0.1) is 36.8 Å². The highest BCUT2D eigenvalue weighted by Crippen LogP contribution is 2.33. The lowest BCUT2D eigenvalue weighted by atomic mass is 10.1. The van der Waals surface area contributed by atoms with Crippen molar-refractivity contribution in [2.75, 3.05) is 24.8 Å². The number of aryl methyl sites for hydroxylation is 1. The van der Waals surface area contributed by atoms with Crippen molar-refractivity contribution in [2.45, 2.75) is 34.6 Å².